The van der Waals surface area contributed by atoms with Crippen LogP contribution in [0.3, 0.4) is 0 Å². The van der Waals surface area contributed by atoms with Crippen LogP contribution in [0.15, 0.2) is 47.7 Å². The molecular formula is C19H16N6O2S. The normalized spacial score (nSPS) is 16.3. The largest absolute Gasteiger partial charge is 0.492 e. The lowest BCUT2D eigenvalue weighted by atomic mass is 10.1. The van der Waals surface area contributed by atoms with Gasteiger partial charge in [0.05, 0.1) is 10.9 Å². The van der Waals surface area contributed by atoms with Crippen molar-refractivity contribution in [1.82, 2.24) is 15.0 Å². The van der Waals surface area contributed by atoms with Gasteiger partial charge in [0.25, 0.3) is 5.91 Å². The molecule has 1 saturated heterocycles. The topological polar surface area (TPSA) is 94.8 Å². The molecule has 0 radical (unpaired) electrons. The summed E-state index contributed by atoms with van der Waals surface area (Å²) in [5.74, 6) is 0.261. The van der Waals surface area contributed by atoms with Gasteiger partial charge in [0.15, 0.2) is 5.13 Å². The lowest BCUT2D eigenvalue weighted by Crippen LogP contribution is -2.47. The number of aromatic nitrogens is 3. The number of rotatable bonds is 3. The highest BCUT2D eigenvalue weighted by Gasteiger charge is 2.27. The van der Waals surface area contributed by atoms with Crippen molar-refractivity contribution in [2.45, 2.75) is 0 Å². The number of nitrogens with zero attached hydrogens (tertiary/aromatic N) is 6. The van der Waals surface area contributed by atoms with Crippen molar-refractivity contribution in [3.63, 3.8) is 0 Å². The number of carbonyl (C=O) groups excluding carboxylic acids is 1. The molecule has 1 N–H and O–H groups in total. The van der Waals surface area contributed by atoms with Crippen LogP contribution in [0.1, 0.15) is 4.88 Å². The number of anilines is 2. The smallest absolute Gasteiger partial charge is 0.279 e. The van der Waals surface area contributed by atoms with Gasteiger partial charge in [-0.1, -0.05) is 29.5 Å². The molecular weight excluding hydrogens is 376 g/mol. The predicted octanol–water partition coefficient (Wildman–Crippen LogP) is 0.324. The molecule has 3 aromatic rings. The van der Waals surface area contributed by atoms with Crippen molar-refractivity contribution in [3.8, 4) is 5.88 Å². The molecule has 1 fully saturated rings. The van der Waals surface area contributed by atoms with Gasteiger partial charge in [0, 0.05) is 43.8 Å². The molecule has 0 saturated carbocycles. The molecule has 9 heteroatoms. The van der Waals surface area contributed by atoms with Crippen LogP contribution in [0, 0.1) is 0 Å². The van der Waals surface area contributed by atoms with E-state index in [1.165, 1.54) is 11.3 Å². The molecule has 2 aliphatic rings. The second-order valence-electron chi connectivity index (χ2n) is 6.48. The highest BCUT2D eigenvalue weighted by atomic mass is 32.1. The highest BCUT2D eigenvalue weighted by molar-refractivity contribution is 7.17. The minimum absolute atomic E-state index is 0.121. The minimum atomic E-state index is -0.335. The minimum Gasteiger partial charge on any atom is -0.492 e. The molecule has 8 nitrogen and oxygen atoms in total. The van der Waals surface area contributed by atoms with Crippen molar-refractivity contribution < 1.29 is 9.90 Å². The monoisotopic (exact) mass is 392 g/mol. The van der Waals surface area contributed by atoms with Crippen LogP contribution in [-0.4, -0.2) is 52.1 Å². The fourth-order valence-electron chi connectivity index (χ4n) is 3.43. The van der Waals surface area contributed by atoms with E-state index in [4.69, 9.17) is 0 Å². The molecule has 5 rings (SSSR count). The summed E-state index contributed by atoms with van der Waals surface area (Å²) in [4.78, 5) is 34.1. The first-order chi connectivity index (χ1) is 13.7. The highest BCUT2D eigenvalue weighted by Crippen LogP contribution is 2.36. The van der Waals surface area contributed by atoms with Gasteiger partial charge < -0.3 is 14.9 Å². The molecule has 1 aromatic carbocycles. The van der Waals surface area contributed by atoms with E-state index < -0.39 is 0 Å². The first-order valence-corrected chi connectivity index (χ1v) is 9.72. The Morgan fingerprint density at radius 2 is 1.68 bits per heavy atom. The number of benzene rings is 1. The van der Waals surface area contributed by atoms with Crippen molar-refractivity contribution >= 4 is 33.9 Å². The Hall–Kier alpha value is -3.33. The number of aromatic hydroxyl groups is 1. The summed E-state index contributed by atoms with van der Waals surface area (Å²) >= 11 is 1.32. The van der Waals surface area contributed by atoms with Gasteiger partial charge >= 0.3 is 0 Å². The zero-order valence-corrected chi connectivity index (χ0v) is 15.6. The van der Waals surface area contributed by atoms with Crippen molar-refractivity contribution in [2.75, 3.05) is 36.0 Å². The molecule has 28 heavy (non-hydrogen) atoms. The number of piperazine rings is 1. The third-order valence-electron chi connectivity index (χ3n) is 4.82. The molecule has 2 aromatic heterocycles. The number of thiazole rings is 1. The average molecular weight is 392 g/mol. The van der Waals surface area contributed by atoms with Crippen LogP contribution in [0.4, 0.5) is 11.1 Å². The molecule has 0 spiro atoms. The number of amides is 1. The van der Waals surface area contributed by atoms with Gasteiger partial charge in [-0.2, -0.15) is 4.98 Å². The van der Waals surface area contributed by atoms with Crippen LogP contribution in [0.2, 0.25) is 0 Å². The molecule has 0 aliphatic carbocycles. The van der Waals surface area contributed by atoms with Crippen molar-refractivity contribution in [2.24, 2.45) is 4.99 Å². The Bertz CT molecular complexity index is 1170. The van der Waals surface area contributed by atoms with Gasteiger partial charge in [-0.3, -0.25) is 4.79 Å². The summed E-state index contributed by atoms with van der Waals surface area (Å²) in [5.41, 5.74) is 0.424. The summed E-state index contributed by atoms with van der Waals surface area (Å²) < 4.78 is 0. The molecule has 0 atom stereocenters. The van der Waals surface area contributed by atoms with Gasteiger partial charge in [0.1, 0.15) is 4.88 Å². The maximum absolute atomic E-state index is 12.4. The molecule has 4 heterocycles. The Balaban J connectivity index is 1.41. The van der Waals surface area contributed by atoms with Crippen LogP contribution in [0.25, 0.3) is 5.57 Å². The van der Waals surface area contributed by atoms with E-state index >= 15 is 0 Å². The quantitative estimate of drug-likeness (QED) is 0.686. The van der Waals surface area contributed by atoms with E-state index in [-0.39, 0.29) is 11.8 Å². The maximum Gasteiger partial charge on any atom is 0.279 e. The number of fused-ring (bicyclic) bond motifs is 1. The van der Waals surface area contributed by atoms with E-state index in [1.807, 2.05) is 18.2 Å². The molecule has 1 amide bonds. The van der Waals surface area contributed by atoms with Crippen molar-refractivity contribution in [3.05, 3.63) is 58.2 Å². The lowest BCUT2D eigenvalue weighted by molar-refractivity contribution is -0.112. The predicted molar refractivity (Wildman–Crippen MR) is 105 cm³/mol. The average Bonchev–Trinajstić information content (AvgIpc) is 3.27. The Kier molecular flexibility index (Phi) is 4.01. The fourth-order valence-corrected chi connectivity index (χ4v) is 4.50. The number of carbonyl (C=O) groups is 1. The number of para-hydroxylation sites is 1. The molecule has 0 bridgehead atoms. The summed E-state index contributed by atoms with van der Waals surface area (Å²) in [6.45, 7) is 2.98. The van der Waals surface area contributed by atoms with Crippen LogP contribution in [-0.2, 0) is 4.79 Å². The Labute approximate surface area is 164 Å². The summed E-state index contributed by atoms with van der Waals surface area (Å²) in [6, 6.07) is 9.13. The molecule has 0 unspecified atom stereocenters. The summed E-state index contributed by atoms with van der Waals surface area (Å²) in [5, 5.41) is 12.5. The lowest BCUT2D eigenvalue weighted by Gasteiger charge is -2.34. The third kappa shape index (κ3) is 2.80. The van der Waals surface area contributed by atoms with E-state index in [1.54, 1.807) is 24.5 Å². The van der Waals surface area contributed by atoms with Gasteiger partial charge in [-0.15, -0.1) is 0 Å². The number of hydrogen-bond acceptors (Lipinski definition) is 8. The fraction of sp³-hybridized carbons (Fsp3) is 0.211. The number of hydrogen-bond donors (Lipinski definition) is 1. The second kappa shape index (κ2) is 6.68. The zero-order chi connectivity index (χ0) is 19.1. The zero-order valence-electron chi connectivity index (χ0n) is 14.8. The maximum atomic E-state index is 12.4. The molecule has 2 aliphatic heterocycles. The summed E-state index contributed by atoms with van der Waals surface area (Å²) in [7, 11) is 0. The Morgan fingerprint density at radius 1 is 0.964 bits per heavy atom. The van der Waals surface area contributed by atoms with E-state index in [2.05, 4.69) is 29.7 Å². The van der Waals surface area contributed by atoms with E-state index in [0.29, 0.717) is 20.9 Å². The standard InChI is InChI=1S/C19H16N6O2S/c26-16-14(12-4-1-2-5-13(12)22-16)15-17(27)23-19(28-15)25-10-8-24(9-11-25)18-20-6-3-7-21-18/h1-7,27H,8-11H2. The van der Waals surface area contributed by atoms with Gasteiger partial charge in [-0.05, 0) is 12.1 Å². The van der Waals surface area contributed by atoms with E-state index in [9.17, 15) is 9.90 Å². The van der Waals surface area contributed by atoms with Gasteiger partial charge in [-0.25, -0.2) is 15.0 Å². The summed E-state index contributed by atoms with van der Waals surface area (Å²) in [6.07, 6.45) is 3.47. The molecule has 140 valence electrons. The SMILES string of the molecule is O=C1N=c2ccccc2=C1c1sc(N2CCN(c3ncccn3)CC2)nc1O. The van der Waals surface area contributed by atoms with Crippen LogP contribution >= 0.6 is 11.3 Å². The first kappa shape index (κ1) is 16.8. The third-order valence-corrected chi connectivity index (χ3v) is 5.94. The second-order valence-corrected chi connectivity index (χ2v) is 7.46. The van der Waals surface area contributed by atoms with Crippen LogP contribution < -0.4 is 20.4 Å². The van der Waals surface area contributed by atoms with Gasteiger partial charge in [0.2, 0.25) is 11.8 Å². The Morgan fingerprint density at radius 3 is 2.46 bits per heavy atom. The van der Waals surface area contributed by atoms with E-state index in [0.717, 1.165) is 37.3 Å². The van der Waals surface area contributed by atoms with Crippen LogP contribution in [0.5, 0.6) is 5.88 Å². The van der Waals surface area contributed by atoms with Crippen molar-refractivity contribution in [1.29, 1.82) is 0 Å². The first-order valence-electron chi connectivity index (χ1n) is 8.90.